The number of hydrogen-bond acceptors (Lipinski definition) is 2. The second-order valence-corrected chi connectivity index (χ2v) is 6.09. The van der Waals surface area contributed by atoms with E-state index in [4.69, 9.17) is 11.6 Å². The number of hydrogen-bond donors (Lipinski definition) is 1. The highest BCUT2D eigenvalue weighted by Crippen LogP contribution is 2.20. The highest BCUT2D eigenvalue weighted by molar-refractivity contribution is 9.10. The molecule has 0 saturated heterocycles. The third-order valence-electron chi connectivity index (χ3n) is 3.08. The lowest BCUT2D eigenvalue weighted by Gasteiger charge is -2.18. The molecule has 20 heavy (non-hydrogen) atoms. The smallest absolute Gasteiger partial charge is 0.0577 e. The Morgan fingerprint density at radius 2 is 2.15 bits per heavy atom. The zero-order valence-electron chi connectivity index (χ0n) is 11.4. The standard InChI is InChI=1S/C16H18BrClN2/c1-2-8-19-16(15-7-6-13(17)11-20-15)10-12-4-3-5-14(18)9-12/h3-7,9,11,16,19H,2,8,10H2,1H3. The van der Waals surface area contributed by atoms with Crippen LogP contribution >= 0.6 is 27.5 Å². The van der Waals surface area contributed by atoms with E-state index in [0.29, 0.717) is 0 Å². The zero-order chi connectivity index (χ0) is 14.4. The van der Waals surface area contributed by atoms with Crippen LogP contribution in [0.3, 0.4) is 0 Å². The topological polar surface area (TPSA) is 24.9 Å². The number of benzene rings is 1. The van der Waals surface area contributed by atoms with Gasteiger partial charge in [-0.3, -0.25) is 4.98 Å². The largest absolute Gasteiger partial charge is 0.308 e. The quantitative estimate of drug-likeness (QED) is 0.808. The summed E-state index contributed by atoms with van der Waals surface area (Å²) in [4.78, 5) is 4.51. The fraction of sp³-hybridized carbons (Fsp3) is 0.312. The Labute approximate surface area is 133 Å². The average molecular weight is 354 g/mol. The predicted octanol–water partition coefficient (Wildman–Crippen LogP) is 4.78. The van der Waals surface area contributed by atoms with Crippen LogP contribution in [0.15, 0.2) is 47.1 Å². The first-order valence-corrected chi connectivity index (χ1v) is 7.95. The second kappa shape index (κ2) is 7.77. The number of nitrogens with zero attached hydrogens (tertiary/aromatic N) is 1. The summed E-state index contributed by atoms with van der Waals surface area (Å²) in [6.45, 7) is 3.14. The first-order valence-electron chi connectivity index (χ1n) is 6.78. The lowest BCUT2D eigenvalue weighted by atomic mass is 10.0. The molecule has 2 nitrogen and oxygen atoms in total. The Kier molecular flexibility index (Phi) is 6.02. The molecule has 0 radical (unpaired) electrons. The summed E-state index contributed by atoms with van der Waals surface area (Å²) < 4.78 is 0.998. The summed E-state index contributed by atoms with van der Waals surface area (Å²) in [6, 6.07) is 12.3. The first-order chi connectivity index (χ1) is 9.69. The Morgan fingerprint density at radius 1 is 1.30 bits per heavy atom. The molecular formula is C16H18BrClN2. The fourth-order valence-corrected chi connectivity index (χ4v) is 2.54. The number of nitrogens with one attached hydrogen (secondary N) is 1. The van der Waals surface area contributed by atoms with E-state index < -0.39 is 0 Å². The summed E-state index contributed by atoms with van der Waals surface area (Å²) in [6.07, 6.45) is 3.83. The van der Waals surface area contributed by atoms with Gasteiger partial charge in [0.15, 0.2) is 0 Å². The number of aromatic nitrogens is 1. The van der Waals surface area contributed by atoms with Crippen molar-refractivity contribution in [2.24, 2.45) is 0 Å². The molecule has 0 spiro atoms. The molecule has 0 fully saturated rings. The van der Waals surface area contributed by atoms with E-state index in [0.717, 1.165) is 34.6 Å². The minimum Gasteiger partial charge on any atom is -0.308 e. The highest BCUT2D eigenvalue weighted by Gasteiger charge is 2.13. The van der Waals surface area contributed by atoms with Gasteiger partial charge in [-0.05, 0) is 65.1 Å². The van der Waals surface area contributed by atoms with E-state index in [1.807, 2.05) is 30.5 Å². The average Bonchev–Trinajstić information content (AvgIpc) is 2.44. The molecule has 0 aliphatic carbocycles. The van der Waals surface area contributed by atoms with Crippen molar-refractivity contribution in [1.82, 2.24) is 10.3 Å². The van der Waals surface area contributed by atoms with Crippen molar-refractivity contribution in [3.63, 3.8) is 0 Å². The van der Waals surface area contributed by atoms with Gasteiger partial charge in [0.25, 0.3) is 0 Å². The maximum atomic E-state index is 6.06. The predicted molar refractivity (Wildman–Crippen MR) is 88.1 cm³/mol. The SMILES string of the molecule is CCCNC(Cc1cccc(Cl)c1)c1ccc(Br)cn1. The molecule has 0 saturated carbocycles. The van der Waals surface area contributed by atoms with Crippen molar-refractivity contribution < 1.29 is 0 Å². The molecule has 1 aromatic carbocycles. The lowest BCUT2D eigenvalue weighted by Crippen LogP contribution is -2.25. The van der Waals surface area contributed by atoms with Crippen LogP contribution in [0.4, 0.5) is 0 Å². The molecule has 2 aromatic rings. The van der Waals surface area contributed by atoms with Gasteiger partial charge >= 0.3 is 0 Å². The summed E-state index contributed by atoms with van der Waals surface area (Å²) in [7, 11) is 0. The molecule has 1 aromatic heterocycles. The van der Waals surface area contributed by atoms with Crippen LogP contribution in [-0.2, 0) is 6.42 Å². The Hall–Kier alpha value is -0.900. The van der Waals surface area contributed by atoms with Gasteiger partial charge in [-0.1, -0.05) is 30.7 Å². The van der Waals surface area contributed by atoms with Crippen molar-refractivity contribution in [2.45, 2.75) is 25.8 Å². The molecule has 1 heterocycles. The summed E-state index contributed by atoms with van der Waals surface area (Å²) in [5.74, 6) is 0. The Balaban J connectivity index is 2.16. The summed E-state index contributed by atoms with van der Waals surface area (Å²) in [5.41, 5.74) is 2.28. The van der Waals surface area contributed by atoms with Gasteiger partial charge in [0.1, 0.15) is 0 Å². The van der Waals surface area contributed by atoms with E-state index >= 15 is 0 Å². The molecule has 0 aliphatic rings. The highest BCUT2D eigenvalue weighted by atomic mass is 79.9. The van der Waals surface area contributed by atoms with Crippen molar-refractivity contribution in [3.8, 4) is 0 Å². The van der Waals surface area contributed by atoms with Crippen LogP contribution in [0, 0.1) is 0 Å². The normalized spacial score (nSPS) is 12.3. The first kappa shape index (κ1) is 15.5. The van der Waals surface area contributed by atoms with Gasteiger partial charge in [0, 0.05) is 15.7 Å². The van der Waals surface area contributed by atoms with E-state index in [-0.39, 0.29) is 6.04 Å². The molecule has 2 rings (SSSR count). The van der Waals surface area contributed by atoms with E-state index in [9.17, 15) is 0 Å². The molecule has 4 heteroatoms. The minimum absolute atomic E-state index is 0.210. The van der Waals surface area contributed by atoms with E-state index in [1.165, 1.54) is 5.56 Å². The zero-order valence-corrected chi connectivity index (χ0v) is 13.8. The molecule has 1 N–H and O–H groups in total. The number of rotatable bonds is 6. The molecule has 1 unspecified atom stereocenters. The molecular weight excluding hydrogens is 336 g/mol. The minimum atomic E-state index is 0.210. The van der Waals surface area contributed by atoms with Gasteiger partial charge < -0.3 is 5.32 Å². The molecule has 0 aliphatic heterocycles. The van der Waals surface area contributed by atoms with Gasteiger partial charge in [0.2, 0.25) is 0 Å². The third kappa shape index (κ3) is 4.58. The summed E-state index contributed by atoms with van der Waals surface area (Å²) in [5, 5.41) is 4.33. The van der Waals surface area contributed by atoms with Crippen molar-refractivity contribution in [2.75, 3.05) is 6.54 Å². The van der Waals surface area contributed by atoms with E-state index in [1.54, 1.807) is 0 Å². The van der Waals surface area contributed by atoms with Gasteiger partial charge in [-0.25, -0.2) is 0 Å². The Morgan fingerprint density at radius 3 is 2.80 bits per heavy atom. The monoisotopic (exact) mass is 352 g/mol. The fourth-order valence-electron chi connectivity index (χ4n) is 2.09. The van der Waals surface area contributed by atoms with Gasteiger partial charge in [-0.15, -0.1) is 0 Å². The van der Waals surface area contributed by atoms with E-state index in [2.05, 4.69) is 45.3 Å². The number of pyridine rings is 1. The molecule has 1 atom stereocenters. The maximum absolute atomic E-state index is 6.06. The molecule has 0 bridgehead atoms. The molecule has 0 amide bonds. The third-order valence-corrected chi connectivity index (χ3v) is 3.78. The molecule has 106 valence electrons. The van der Waals surface area contributed by atoms with Crippen LogP contribution in [0.2, 0.25) is 5.02 Å². The van der Waals surface area contributed by atoms with Crippen LogP contribution in [-0.4, -0.2) is 11.5 Å². The number of halogens is 2. The van der Waals surface area contributed by atoms with Crippen molar-refractivity contribution in [3.05, 3.63) is 63.3 Å². The maximum Gasteiger partial charge on any atom is 0.0577 e. The van der Waals surface area contributed by atoms with Crippen molar-refractivity contribution in [1.29, 1.82) is 0 Å². The van der Waals surface area contributed by atoms with Crippen LogP contribution in [0.5, 0.6) is 0 Å². The van der Waals surface area contributed by atoms with Crippen molar-refractivity contribution >= 4 is 27.5 Å². The Bertz CT molecular complexity index is 542. The van der Waals surface area contributed by atoms with Crippen LogP contribution < -0.4 is 5.32 Å². The lowest BCUT2D eigenvalue weighted by molar-refractivity contribution is 0.518. The summed E-state index contributed by atoms with van der Waals surface area (Å²) >= 11 is 9.48. The van der Waals surface area contributed by atoms with Crippen LogP contribution in [0.25, 0.3) is 0 Å². The van der Waals surface area contributed by atoms with Gasteiger partial charge in [-0.2, -0.15) is 0 Å². The van der Waals surface area contributed by atoms with Gasteiger partial charge in [0.05, 0.1) is 11.7 Å². The van der Waals surface area contributed by atoms with Crippen LogP contribution in [0.1, 0.15) is 30.6 Å². The second-order valence-electron chi connectivity index (χ2n) is 4.74.